The van der Waals surface area contributed by atoms with Crippen LogP contribution in [0.5, 0.6) is 0 Å². The van der Waals surface area contributed by atoms with Crippen LogP contribution in [0.15, 0.2) is 24.3 Å². The topological polar surface area (TPSA) is 44.4 Å². The van der Waals surface area contributed by atoms with Crippen molar-refractivity contribution in [3.8, 4) is 0 Å². The predicted molar refractivity (Wildman–Crippen MR) is 81.1 cm³/mol. The van der Waals surface area contributed by atoms with E-state index in [1.54, 1.807) is 0 Å². The summed E-state index contributed by atoms with van der Waals surface area (Å²) in [6.45, 7) is 3.33. The van der Waals surface area contributed by atoms with E-state index in [0.717, 1.165) is 37.8 Å². The molecule has 4 nitrogen and oxygen atoms in total. The van der Waals surface area contributed by atoms with Crippen LogP contribution in [0.25, 0.3) is 0 Å². The third-order valence-electron chi connectivity index (χ3n) is 4.39. The van der Waals surface area contributed by atoms with E-state index in [0.29, 0.717) is 0 Å². The number of anilines is 1. The molecule has 2 N–H and O–H groups in total. The third kappa shape index (κ3) is 3.12. The highest BCUT2D eigenvalue weighted by atomic mass is 16.2. The van der Waals surface area contributed by atoms with Gasteiger partial charge in [0.25, 0.3) is 0 Å². The zero-order valence-corrected chi connectivity index (χ0v) is 11.9. The first-order chi connectivity index (χ1) is 9.83. The maximum atomic E-state index is 12.1. The molecule has 0 unspecified atom stereocenters. The summed E-state index contributed by atoms with van der Waals surface area (Å²) in [6, 6.07) is 8.42. The Morgan fingerprint density at radius 1 is 1.10 bits per heavy atom. The number of nitrogens with one attached hydrogen (secondary N) is 2. The number of nitrogens with zero attached hydrogens (tertiary/aromatic N) is 1. The molecule has 4 heteroatoms. The Morgan fingerprint density at radius 2 is 1.75 bits per heavy atom. The number of hydrogen-bond donors (Lipinski definition) is 2. The number of carbonyl (C=O) groups is 1. The number of piperazine rings is 1. The van der Waals surface area contributed by atoms with Crippen LogP contribution in [0.2, 0.25) is 0 Å². The Kier molecular flexibility index (Phi) is 4.21. The van der Waals surface area contributed by atoms with Crippen molar-refractivity contribution in [2.75, 3.05) is 31.5 Å². The van der Waals surface area contributed by atoms with Gasteiger partial charge >= 0.3 is 6.03 Å². The van der Waals surface area contributed by atoms with Gasteiger partial charge in [0.15, 0.2) is 0 Å². The molecule has 2 aliphatic rings. The molecular formula is C16H23N3O. The highest BCUT2D eigenvalue weighted by Gasteiger charge is 2.18. The Labute approximate surface area is 120 Å². The van der Waals surface area contributed by atoms with E-state index in [1.165, 1.54) is 31.2 Å². The Morgan fingerprint density at radius 3 is 2.40 bits per heavy atom. The van der Waals surface area contributed by atoms with Crippen LogP contribution < -0.4 is 10.6 Å². The molecule has 1 saturated heterocycles. The van der Waals surface area contributed by atoms with Crippen molar-refractivity contribution in [1.82, 2.24) is 10.2 Å². The molecular weight excluding hydrogens is 250 g/mol. The second kappa shape index (κ2) is 6.27. The van der Waals surface area contributed by atoms with Crippen molar-refractivity contribution < 1.29 is 4.79 Å². The molecule has 1 aliphatic heterocycles. The molecule has 1 aromatic rings. The molecule has 2 amide bonds. The van der Waals surface area contributed by atoms with Crippen LogP contribution in [0.4, 0.5) is 10.5 Å². The summed E-state index contributed by atoms with van der Waals surface area (Å²) in [5.41, 5.74) is 2.32. The van der Waals surface area contributed by atoms with E-state index in [-0.39, 0.29) is 6.03 Å². The quantitative estimate of drug-likeness (QED) is 0.870. The monoisotopic (exact) mass is 273 g/mol. The summed E-state index contributed by atoms with van der Waals surface area (Å²) in [5, 5.41) is 6.24. The lowest BCUT2D eigenvalue weighted by atomic mass is 9.98. The number of benzene rings is 1. The molecule has 3 rings (SSSR count). The number of rotatable bonds is 2. The molecule has 1 aromatic carbocycles. The SMILES string of the molecule is O=C(Nc1ccc(C2CCCC2)cc1)N1CCNCC1. The van der Waals surface area contributed by atoms with E-state index in [1.807, 2.05) is 17.0 Å². The van der Waals surface area contributed by atoms with E-state index in [2.05, 4.69) is 22.8 Å². The normalized spacial score (nSPS) is 20.1. The molecule has 0 spiro atoms. The first-order valence-corrected chi connectivity index (χ1v) is 7.69. The van der Waals surface area contributed by atoms with Gasteiger partial charge in [-0.2, -0.15) is 0 Å². The van der Waals surface area contributed by atoms with Crippen LogP contribution in [-0.2, 0) is 0 Å². The highest BCUT2D eigenvalue weighted by molar-refractivity contribution is 5.89. The van der Waals surface area contributed by atoms with Crippen LogP contribution >= 0.6 is 0 Å². The lowest BCUT2D eigenvalue weighted by Gasteiger charge is -2.27. The fraction of sp³-hybridized carbons (Fsp3) is 0.562. The van der Waals surface area contributed by atoms with Gasteiger partial charge in [-0.3, -0.25) is 0 Å². The first kappa shape index (κ1) is 13.4. The van der Waals surface area contributed by atoms with Gasteiger partial charge in [0.05, 0.1) is 0 Å². The zero-order chi connectivity index (χ0) is 13.8. The van der Waals surface area contributed by atoms with Crippen molar-refractivity contribution in [2.24, 2.45) is 0 Å². The summed E-state index contributed by atoms with van der Waals surface area (Å²) in [7, 11) is 0. The van der Waals surface area contributed by atoms with Crippen molar-refractivity contribution >= 4 is 11.7 Å². The van der Waals surface area contributed by atoms with Crippen molar-refractivity contribution in [3.05, 3.63) is 29.8 Å². The zero-order valence-electron chi connectivity index (χ0n) is 11.9. The van der Waals surface area contributed by atoms with E-state index < -0.39 is 0 Å². The summed E-state index contributed by atoms with van der Waals surface area (Å²) >= 11 is 0. The summed E-state index contributed by atoms with van der Waals surface area (Å²) in [4.78, 5) is 14.0. The van der Waals surface area contributed by atoms with E-state index >= 15 is 0 Å². The molecule has 0 aromatic heterocycles. The number of amides is 2. The maximum Gasteiger partial charge on any atom is 0.321 e. The molecule has 1 saturated carbocycles. The minimum absolute atomic E-state index is 0.0140. The van der Waals surface area contributed by atoms with E-state index in [9.17, 15) is 4.79 Å². The third-order valence-corrected chi connectivity index (χ3v) is 4.39. The Bertz CT molecular complexity index is 445. The van der Waals surface area contributed by atoms with Gasteiger partial charge in [0.2, 0.25) is 0 Å². The minimum atomic E-state index is 0.0140. The second-order valence-electron chi connectivity index (χ2n) is 5.77. The van der Waals surface area contributed by atoms with Crippen LogP contribution in [0, 0.1) is 0 Å². The van der Waals surface area contributed by atoms with Gasteiger partial charge in [-0.05, 0) is 36.5 Å². The summed E-state index contributed by atoms with van der Waals surface area (Å²) < 4.78 is 0. The smallest absolute Gasteiger partial charge is 0.321 e. The number of urea groups is 1. The Hall–Kier alpha value is -1.55. The second-order valence-corrected chi connectivity index (χ2v) is 5.77. The lowest BCUT2D eigenvalue weighted by Crippen LogP contribution is -2.48. The molecule has 0 atom stereocenters. The Balaban J connectivity index is 1.58. The number of hydrogen-bond acceptors (Lipinski definition) is 2. The fourth-order valence-electron chi connectivity index (χ4n) is 3.17. The first-order valence-electron chi connectivity index (χ1n) is 7.69. The fourth-order valence-corrected chi connectivity index (χ4v) is 3.17. The van der Waals surface area contributed by atoms with Gasteiger partial charge in [0, 0.05) is 31.9 Å². The standard InChI is InChI=1S/C16H23N3O/c20-16(19-11-9-17-10-12-19)18-15-7-5-14(6-8-15)13-3-1-2-4-13/h5-8,13,17H,1-4,9-12H2,(H,18,20). The van der Waals surface area contributed by atoms with Crippen LogP contribution in [0.1, 0.15) is 37.2 Å². The van der Waals surface area contributed by atoms with Gasteiger partial charge in [-0.15, -0.1) is 0 Å². The van der Waals surface area contributed by atoms with Crippen molar-refractivity contribution in [1.29, 1.82) is 0 Å². The number of carbonyl (C=O) groups excluding carboxylic acids is 1. The largest absolute Gasteiger partial charge is 0.322 e. The van der Waals surface area contributed by atoms with Crippen molar-refractivity contribution in [3.63, 3.8) is 0 Å². The molecule has 108 valence electrons. The van der Waals surface area contributed by atoms with Crippen molar-refractivity contribution in [2.45, 2.75) is 31.6 Å². The van der Waals surface area contributed by atoms with Gasteiger partial charge < -0.3 is 15.5 Å². The molecule has 20 heavy (non-hydrogen) atoms. The molecule has 1 heterocycles. The maximum absolute atomic E-state index is 12.1. The average molecular weight is 273 g/mol. The summed E-state index contributed by atoms with van der Waals surface area (Å²) in [5.74, 6) is 0.730. The van der Waals surface area contributed by atoms with Gasteiger partial charge in [-0.25, -0.2) is 4.79 Å². The average Bonchev–Trinajstić information content (AvgIpc) is 3.03. The predicted octanol–water partition coefficient (Wildman–Crippen LogP) is 2.78. The molecule has 1 aliphatic carbocycles. The minimum Gasteiger partial charge on any atom is -0.322 e. The highest BCUT2D eigenvalue weighted by Crippen LogP contribution is 2.34. The van der Waals surface area contributed by atoms with Crippen LogP contribution in [0.3, 0.4) is 0 Å². The summed E-state index contributed by atoms with van der Waals surface area (Å²) in [6.07, 6.45) is 5.33. The van der Waals surface area contributed by atoms with Gasteiger partial charge in [-0.1, -0.05) is 25.0 Å². The molecule has 0 bridgehead atoms. The molecule has 2 fully saturated rings. The molecule has 0 radical (unpaired) electrons. The van der Waals surface area contributed by atoms with Gasteiger partial charge in [0.1, 0.15) is 0 Å². The van der Waals surface area contributed by atoms with Crippen LogP contribution in [-0.4, -0.2) is 37.1 Å². The van der Waals surface area contributed by atoms with E-state index in [4.69, 9.17) is 0 Å². The lowest BCUT2D eigenvalue weighted by molar-refractivity contribution is 0.204.